The summed E-state index contributed by atoms with van der Waals surface area (Å²) in [6.45, 7) is 18.2. The molecular weight excluding hydrogens is 1290 g/mol. The van der Waals surface area contributed by atoms with Crippen LogP contribution in [0.1, 0.15) is 150 Å². The minimum atomic E-state index is -1.95. The average molecular weight is 1380 g/mol. The molecule has 11 N–H and O–H groups in total. The first kappa shape index (κ1) is 66.2. The second-order valence-electron chi connectivity index (χ2n) is 27.3. The Morgan fingerprint density at radius 3 is 2.12 bits per heavy atom. The van der Waals surface area contributed by atoms with Gasteiger partial charge in [0.05, 0.1) is 41.5 Å². The molecule has 3 aliphatic heterocycles. The standard InChI is InChI=1S/C60H92I2N2O18/c1-30-47(80-51-45(73)42(70)34(66)29-77-51)44(72)46(74)52(78-30)81-48-43(71)41(64-40(69)13-11-10-12-26-63-50(75)31-14-16-32(61)17-15-31)35(28-65)79-53(48)82-54(76)60(25-24-55(2,3)4)39(68)27-59(9)33(49(60)62)18-19-37-57(7)22-21-38(67)56(5,6)36(57)20-23-58(37,59)8/h14-18,30,34-39,41-49,51-53,65-68,70-74H,10-13,19-29H2,1-9H3,(H,63,75)(H,64,69)/t30?,34-,35?,36?,37?,38+,39?,41+,42?,43?,44?,45?,46?,47+,48?,49?,51+,52+,53+,57?,58?,59?,60+/m1/s1. The van der Waals surface area contributed by atoms with E-state index in [1.54, 1.807) is 12.1 Å². The van der Waals surface area contributed by atoms with Gasteiger partial charge in [-0.1, -0.05) is 96.1 Å². The first-order valence-electron chi connectivity index (χ1n) is 29.5. The summed E-state index contributed by atoms with van der Waals surface area (Å²) in [6.07, 6.45) is -14.0. The van der Waals surface area contributed by atoms with Crippen molar-refractivity contribution in [2.45, 2.75) is 241 Å². The molecule has 4 aliphatic carbocycles. The number of carbonyl (C=O) groups is 3. The Balaban J connectivity index is 1.05. The van der Waals surface area contributed by atoms with Gasteiger partial charge in [-0.3, -0.25) is 14.4 Å². The van der Waals surface area contributed by atoms with Crippen molar-refractivity contribution in [2.24, 2.45) is 44.3 Å². The molecule has 1 aromatic carbocycles. The molecule has 3 saturated carbocycles. The predicted molar refractivity (Wildman–Crippen MR) is 315 cm³/mol. The third-order valence-corrected chi connectivity index (χ3v) is 23.3. The Labute approximate surface area is 509 Å². The lowest BCUT2D eigenvalue weighted by atomic mass is 9.35. The van der Waals surface area contributed by atoms with Gasteiger partial charge < -0.3 is 85.0 Å². The number of benzene rings is 1. The number of rotatable bonds is 17. The maximum atomic E-state index is 15.8. The fourth-order valence-corrected chi connectivity index (χ4v) is 17.8. The van der Waals surface area contributed by atoms with Crippen molar-refractivity contribution >= 4 is 63.0 Å². The van der Waals surface area contributed by atoms with Crippen molar-refractivity contribution < 1.29 is 88.8 Å². The summed E-state index contributed by atoms with van der Waals surface area (Å²) >= 11 is 4.48. The quantitative estimate of drug-likeness (QED) is 0.0341. The van der Waals surface area contributed by atoms with E-state index in [1.165, 1.54) is 6.92 Å². The zero-order valence-corrected chi connectivity index (χ0v) is 53.2. The van der Waals surface area contributed by atoms with Crippen LogP contribution in [0.3, 0.4) is 0 Å². The Bertz CT molecular complexity index is 2430. The molecule has 7 aliphatic rings. The van der Waals surface area contributed by atoms with E-state index in [1.807, 2.05) is 12.1 Å². The molecule has 0 radical (unpaired) electrons. The molecule has 0 aromatic heterocycles. The number of halogens is 2. The fourth-order valence-electron chi connectivity index (χ4n) is 15.5. The van der Waals surface area contributed by atoms with Crippen molar-refractivity contribution in [2.75, 3.05) is 19.8 Å². The summed E-state index contributed by atoms with van der Waals surface area (Å²) in [5, 5.41) is 108. The molecule has 82 heavy (non-hydrogen) atoms. The van der Waals surface area contributed by atoms with E-state index in [4.69, 9.17) is 28.4 Å². The molecule has 464 valence electrons. The minimum Gasteiger partial charge on any atom is -0.432 e. The highest BCUT2D eigenvalue weighted by Gasteiger charge is 2.71. The average Bonchev–Trinajstić information content (AvgIpc) is 0.748. The molecule has 6 fully saturated rings. The zero-order chi connectivity index (χ0) is 60.2. The first-order chi connectivity index (χ1) is 38.4. The number of allylic oxidation sites excluding steroid dienone is 2. The van der Waals surface area contributed by atoms with Gasteiger partial charge in [-0.15, -0.1) is 0 Å². The van der Waals surface area contributed by atoms with Gasteiger partial charge in [0.2, 0.25) is 12.2 Å². The summed E-state index contributed by atoms with van der Waals surface area (Å²) in [7, 11) is 0. The molecule has 0 spiro atoms. The van der Waals surface area contributed by atoms with E-state index in [0.29, 0.717) is 50.1 Å². The van der Waals surface area contributed by atoms with E-state index in [2.05, 4.69) is 117 Å². The lowest BCUT2D eigenvalue weighted by Gasteiger charge is -2.70. The lowest BCUT2D eigenvalue weighted by Crippen LogP contribution is -2.69. The van der Waals surface area contributed by atoms with Crippen LogP contribution in [-0.4, -0.2) is 186 Å². The van der Waals surface area contributed by atoms with Crippen LogP contribution in [0.25, 0.3) is 0 Å². The van der Waals surface area contributed by atoms with Crippen LogP contribution in [-0.2, 0) is 38.0 Å². The van der Waals surface area contributed by atoms with Gasteiger partial charge in [-0.25, -0.2) is 0 Å². The van der Waals surface area contributed by atoms with Crippen LogP contribution in [0.5, 0.6) is 0 Å². The maximum absolute atomic E-state index is 15.8. The number of hydrogen-bond acceptors (Lipinski definition) is 18. The Hall–Kier alpha value is -1.73. The molecule has 3 heterocycles. The summed E-state index contributed by atoms with van der Waals surface area (Å²) in [5.41, 5.74) is -1.50. The number of carbonyl (C=O) groups excluding carboxylic acids is 3. The van der Waals surface area contributed by atoms with Gasteiger partial charge in [-0.05, 0) is 157 Å². The van der Waals surface area contributed by atoms with Crippen molar-refractivity contribution in [3.8, 4) is 0 Å². The lowest BCUT2D eigenvalue weighted by molar-refractivity contribution is -0.369. The van der Waals surface area contributed by atoms with Crippen LogP contribution in [0, 0.1) is 47.9 Å². The molecular formula is C60H92I2N2O18. The molecule has 22 heteroatoms. The highest BCUT2D eigenvalue weighted by atomic mass is 127. The maximum Gasteiger partial charge on any atom is 0.318 e. The van der Waals surface area contributed by atoms with Crippen molar-refractivity contribution in [3.05, 3.63) is 45.0 Å². The highest BCUT2D eigenvalue weighted by Crippen LogP contribution is 2.74. The Morgan fingerprint density at radius 2 is 1.45 bits per heavy atom. The van der Waals surface area contributed by atoms with Crippen LogP contribution in [0.4, 0.5) is 0 Å². The third kappa shape index (κ3) is 12.6. The largest absolute Gasteiger partial charge is 0.432 e. The molecule has 8 rings (SSSR count). The van der Waals surface area contributed by atoms with Crippen molar-refractivity contribution in [1.29, 1.82) is 0 Å². The number of unbranched alkanes of at least 4 members (excludes halogenated alkanes) is 2. The van der Waals surface area contributed by atoms with Crippen LogP contribution in [0.15, 0.2) is 35.9 Å². The Morgan fingerprint density at radius 1 is 0.780 bits per heavy atom. The smallest absolute Gasteiger partial charge is 0.318 e. The summed E-state index contributed by atoms with van der Waals surface area (Å²) in [4.78, 5) is 42.1. The molecule has 1 aromatic rings. The van der Waals surface area contributed by atoms with Gasteiger partial charge >= 0.3 is 5.97 Å². The molecule has 3 saturated heterocycles. The summed E-state index contributed by atoms with van der Waals surface area (Å²) < 4.78 is 37.0. The Kier molecular flexibility index (Phi) is 20.8. The normalized spacial score (nSPS) is 43.8. The predicted octanol–water partition coefficient (Wildman–Crippen LogP) is 4.30. The number of amides is 2. The highest BCUT2D eigenvalue weighted by molar-refractivity contribution is 14.1. The van der Waals surface area contributed by atoms with E-state index in [-0.39, 0.29) is 52.7 Å². The summed E-state index contributed by atoms with van der Waals surface area (Å²) in [5.74, 6) is -1.04. The number of hydrogen-bond donors (Lipinski definition) is 11. The van der Waals surface area contributed by atoms with E-state index < -0.39 is 138 Å². The number of fused-ring (bicyclic) bond motifs is 5. The first-order valence-corrected chi connectivity index (χ1v) is 31.9. The molecule has 0 bridgehead atoms. The second-order valence-corrected chi connectivity index (χ2v) is 29.8. The fraction of sp³-hybridized carbons (Fsp3) is 0.817. The molecule has 15 unspecified atom stereocenters. The van der Waals surface area contributed by atoms with Gasteiger partial charge in [0.1, 0.15) is 54.2 Å². The molecule has 23 atom stereocenters. The SMILES string of the molecule is CC1O[C@@H](OC2C(O)[C@@H](NC(=O)CCCCCNC(=O)c3ccc(I)cc3)C(CO)O[C@H]2OC(=O)[C@@]2(CCC(C)(C)C)C(O)CC3(C)C(=CCC4C5(C)CC[C@H](O)C(C)(C)C5CCC43C)C2I)C(O)C(O)[C@H]1O[C@@H]1OC[C@@H](O)C(O)C1O. The third-order valence-electron chi connectivity index (χ3n) is 20.8. The van der Waals surface area contributed by atoms with Crippen molar-refractivity contribution in [3.63, 3.8) is 0 Å². The van der Waals surface area contributed by atoms with E-state index in [0.717, 1.165) is 34.8 Å². The van der Waals surface area contributed by atoms with Crippen LogP contribution in [0.2, 0.25) is 0 Å². The summed E-state index contributed by atoms with van der Waals surface area (Å²) in [6, 6.07) is 5.78. The van der Waals surface area contributed by atoms with E-state index in [9.17, 15) is 55.5 Å². The number of alkyl halides is 1. The van der Waals surface area contributed by atoms with Crippen molar-refractivity contribution in [1.82, 2.24) is 10.6 Å². The monoisotopic (exact) mass is 1380 g/mol. The molecule has 20 nitrogen and oxygen atoms in total. The topological polar surface area (TPSA) is 313 Å². The number of aliphatic hydroxyl groups is 9. The van der Waals surface area contributed by atoms with E-state index >= 15 is 4.79 Å². The number of aliphatic hydroxyl groups excluding tert-OH is 9. The van der Waals surface area contributed by atoms with Gasteiger partial charge in [0.15, 0.2) is 18.7 Å². The van der Waals surface area contributed by atoms with Gasteiger partial charge in [0, 0.05) is 22.1 Å². The van der Waals surface area contributed by atoms with Gasteiger partial charge in [0.25, 0.3) is 5.91 Å². The number of ether oxygens (including phenoxy) is 6. The number of nitrogens with one attached hydrogen (secondary N) is 2. The number of esters is 1. The molecule has 2 amide bonds. The van der Waals surface area contributed by atoms with Gasteiger partial charge in [-0.2, -0.15) is 0 Å². The second kappa shape index (κ2) is 25.8. The van der Waals surface area contributed by atoms with Crippen LogP contribution < -0.4 is 10.6 Å². The zero-order valence-electron chi connectivity index (χ0n) is 48.9. The van der Waals surface area contributed by atoms with Crippen LogP contribution >= 0.6 is 45.2 Å². The minimum absolute atomic E-state index is 0.0119.